The Kier molecular flexibility index (Phi) is 4.92. The number of hydrogen-bond acceptors (Lipinski definition) is 5. The van der Waals surface area contributed by atoms with Crippen molar-refractivity contribution in [2.45, 2.75) is 6.54 Å². The van der Waals surface area contributed by atoms with Crippen molar-refractivity contribution in [3.8, 4) is 11.8 Å². The molecular formula is C18H19FN4O. The number of halogens is 1. The second-order valence-electron chi connectivity index (χ2n) is 5.71. The van der Waals surface area contributed by atoms with Gasteiger partial charge in [0, 0.05) is 44.5 Å². The minimum atomic E-state index is -0.253. The lowest BCUT2D eigenvalue weighted by Crippen LogP contribution is -2.46. The van der Waals surface area contributed by atoms with Gasteiger partial charge in [-0.3, -0.25) is 4.90 Å². The maximum Gasteiger partial charge on any atom is 0.146 e. The smallest absolute Gasteiger partial charge is 0.146 e. The molecule has 5 nitrogen and oxygen atoms in total. The Bertz CT molecular complexity index is 751. The highest BCUT2D eigenvalue weighted by Crippen LogP contribution is 2.23. The van der Waals surface area contributed by atoms with Crippen LogP contribution < -0.4 is 9.64 Å². The summed E-state index contributed by atoms with van der Waals surface area (Å²) in [6.45, 7) is 3.84. The van der Waals surface area contributed by atoms with E-state index in [-0.39, 0.29) is 5.82 Å². The fourth-order valence-corrected chi connectivity index (χ4v) is 2.97. The number of piperazine rings is 1. The Hall–Kier alpha value is -2.65. The van der Waals surface area contributed by atoms with Gasteiger partial charge in [-0.2, -0.15) is 5.26 Å². The number of nitriles is 1. The van der Waals surface area contributed by atoms with Gasteiger partial charge in [0.1, 0.15) is 23.5 Å². The molecule has 6 heteroatoms. The normalized spacial score (nSPS) is 15.1. The number of rotatable bonds is 4. The number of hydrogen-bond donors (Lipinski definition) is 0. The van der Waals surface area contributed by atoms with Gasteiger partial charge in [0.2, 0.25) is 0 Å². The third-order valence-corrected chi connectivity index (χ3v) is 4.22. The molecule has 1 saturated heterocycles. The monoisotopic (exact) mass is 326 g/mol. The molecular weight excluding hydrogens is 307 g/mol. The second kappa shape index (κ2) is 7.28. The van der Waals surface area contributed by atoms with Gasteiger partial charge in [-0.25, -0.2) is 9.37 Å². The number of aromatic nitrogens is 1. The highest BCUT2D eigenvalue weighted by molar-refractivity contribution is 5.53. The predicted molar refractivity (Wildman–Crippen MR) is 89.4 cm³/mol. The van der Waals surface area contributed by atoms with Gasteiger partial charge in [0.25, 0.3) is 0 Å². The topological polar surface area (TPSA) is 52.4 Å². The van der Waals surface area contributed by atoms with Crippen LogP contribution in [0.25, 0.3) is 0 Å². The summed E-state index contributed by atoms with van der Waals surface area (Å²) in [5.74, 6) is 1.19. The molecule has 1 aromatic carbocycles. The average Bonchev–Trinajstić information content (AvgIpc) is 2.62. The van der Waals surface area contributed by atoms with Crippen LogP contribution in [-0.4, -0.2) is 43.2 Å². The predicted octanol–water partition coefficient (Wildman–Crippen LogP) is 2.42. The molecule has 0 saturated carbocycles. The summed E-state index contributed by atoms with van der Waals surface area (Å²) in [4.78, 5) is 8.71. The third-order valence-electron chi connectivity index (χ3n) is 4.22. The zero-order chi connectivity index (χ0) is 16.9. The summed E-state index contributed by atoms with van der Waals surface area (Å²) < 4.78 is 18.8. The van der Waals surface area contributed by atoms with Crippen molar-refractivity contribution in [1.29, 1.82) is 5.26 Å². The SMILES string of the molecule is COc1ccc(F)cc1CN1CCN(c2ncccc2C#N)CC1. The van der Waals surface area contributed by atoms with Crippen molar-refractivity contribution in [2.24, 2.45) is 0 Å². The first kappa shape index (κ1) is 16.2. The van der Waals surface area contributed by atoms with E-state index in [1.54, 1.807) is 31.5 Å². The largest absolute Gasteiger partial charge is 0.496 e. The lowest BCUT2D eigenvalue weighted by atomic mass is 10.1. The molecule has 2 heterocycles. The Labute approximate surface area is 140 Å². The number of methoxy groups -OCH3 is 1. The van der Waals surface area contributed by atoms with Crippen LogP contribution in [0.3, 0.4) is 0 Å². The highest BCUT2D eigenvalue weighted by atomic mass is 19.1. The summed E-state index contributed by atoms with van der Waals surface area (Å²) in [6, 6.07) is 10.3. The molecule has 1 aromatic heterocycles. The number of anilines is 1. The number of ether oxygens (including phenoxy) is 1. The Balaban J connectivity index is 1.66. The molecule has 2 aromatic rings. The minimum Gasteiger partial charge on any atom is -0.496 e. The maximum atomic E-state index is 13.5. The molecule has 1 fully saturated rings. The van der Waals surface area contributed by atoms with Crippen LogP contribution >= 0.6 is 0 Å². The van der Waals surface area contributed by atoms with E-state index >= 15 is 0 Å². The van der Waals surface area contributed by atoms with E-state index in [1.165, 1.54) is 12.1 Å². The van der Waals surface area contributed by atoms with Crippen LogP contribution in [0.15, 0.2) is 36.5 Å². The molecule has 0 atom stereocenters. The molecule has 0 spiro atoms. The van der Waals surface area contributed by atoms with E-state index in [0.717, 1.165) is 37.6 Å². The minimum absolute atomic E-state index is 0.253. The molecule has 0 radical (unpaired) electrons. The molecule has 0 unspecified atom stereocenters. The molecule has 24 heavy (non-hydrogen) atoms. The quantitative estimate of drug-likeness (QED) is 0.864. The zero-order valence-electron chi connectivity index (χ0n) is 13.6. The van der Waals surface area contributed by atoms with Crippen LogP contribution in [0.1, 0.15) is 11.1 Å². The van der Waals surface area contributed by atoms with Crippen LogP contribution in [-0.2, 0) is 6.54 Å². The van der Waals surface area contributed by atoms with Crippen LogP contribution in [0.5, 0.6) is 5.75 Å². The van der Waals surface area contributed by atoms with Gasteiger partial charge in [-0.1, -0.05) is 0 Å². The number of nitrogens with zero attached hydrogens (tertiary/aromatic N) is 4. The highest BCUT2D eigenvalue weighted by Gasteiger charge is 2.21. The van der Waals surface area contributed by atoms with E-state index < -0.39 is 0 Å². The summed E-state index contributed by atoms with van der Waals surface area (Å²) in [7, 11) is 1.60. The molecule has 1 aliphatic heterocycles. The first-order valence-corrected chi connectivity index (χ1v) is 7.86. The number of pyridine rings is 1. The fourth-order valence-electron chi connectivity index (χ4n) is 2.97. The van der Waals surface area contributed by atoms with Gasteiger partial charge in [0.05, 0.1) is 12.7 Å². The third kappa shape index (κ3) is 3.47. The van der Waals surface area contributed by atoms with E-state index in [9.17, 15) is 9.65 Å². The Morgan fingerprint density at radius 2 is 2.04 bits per heavy atom. The fraction of sp³-hybridized carbons (Fsp3) is 0.333. The summed E-state index contributed by atoms with van der Waals surface area (Å²) in [6.07, 6.45) is 1.71. The van der Waals surface area contributed by atoms with Crippen molar-refractivity contribution in [2.75, 3.05) is 38.2 Å². The van der Waals surface area contributed by atoms with Crippen LogP contribution in [0, 0.1) is 17.1 Å². The molecule has 0 N–H and O–H groups in total. The maximum absolute atomic E-state index is 13.5. The second-order valence-corrected chi connectivity index (χ2v) is 5.71. The number of benzene rings is 1. The van der Waals surface area contributed by atoms with E-state index in [1.807, 2.05) is 0 Å². The molecule has 124 valence electrons. The molecule has 0 bridgehead atoms. The lowest BCUT2D eigenvalue weighted by molar-refractivity contribution is 0.245. The Morgan fingerprint density at radius 1 is 1.25 bits per heavy atom. The van der Waals surface area contributed by atoms with Crippen molar-refractivity contribution >= 4 is 5.82 Å². The first-order chi connectivity index (χ1) is 11.7. The first-order valence-electron chi connectivity index (χ1n) is 7.86. The van der Waals surface area contributed by atoms with Gasteiger partial charge < -0.3 is 9.64 Å². The van der Waals surface area contributed by atoms with Gasteiger partial charge in [-0.05, 0) is 30.3 Å². The average molecular weight is 326 g/mol. The van der Waals surface area contributed by atoms with Crippen molar-refractivity contribution < 1.29 is 9.13 Å². The van der Waals surface area contributed by atoms with Crippen molar-refractivity contribution in [1.82, 2.24) is 9.88 Å². The van der Waals surface area contributed by atoms with Gasteiger partial charge in [-0.15, -0.1) is 0 Å². The van der Waals surface area contributed by atoms with E-state index in [0.29, 0.717) is 17.9 Å². The van der Waals surface area contributed by atoms with Gasteiger partial charge >= 0.3 is 0 Å². The van der Waals surface area contributed by atoms with Crippen LogP contribution in [0.4, 0.5) is 10.2 Å². The van der Waals surface area contributed by atoms with Crippen LogP contribution in [0.2, 0.25) is 0 Å². The van der Waals surface area contributed by atoms with E-state index in [4.69, 9.17) is 4.74 Å². The zero-order valence-corrected chi connectivity index (χ0v) is 13.6. The molecule has 1 aliphatic rings. The summed E-state index contributed by atoms with van der Waals surface area (Å²) in [5.41, 5.74) is 1.44. The van der Waals surface area contributed by atoms with E-state index in [2.05, 4.69) is 20.9 Å². The Morgan fingerprint density at radius 3 is 2.75 bits per heavy atom. The summed E-state index contributed by atoms with van der Waals surface area (Å²) >= 11 is 0. The lowest BCUT2D eigenvalue weighted by Gasteiger charge is -2.35. The standard InChI is InChI=1S/C18H19FN4O/c1-24-17-5-4-16(19)11-15(17)13-22-7-9-23(10-8-22)18-14(12-20)3-2-6-21-18/h2-6,11H,7-10,13H2,1H3. The molecule has 3 rings (SSSR count). The molecule has 0 amide bonds. The van der Waals surface area contributed by atoms with Crippen molar-refractivity contribution in [3.05, 3.63) is 53.5 Å². The molecule has 0 aliphatic carbocycles. The summed E-state index contributed by atoms with van der Waals surface area (Å²) in [5, 5.41) is 9.20. The van der Waals surface area contributed by atoms with Gasteiger partial charge in [0.15, 0.2) is 0 Å². The van der Waals surface area contributed by atoms with Crippen molar-refractivity contribution in [3.63, 3.8) is 0 Å².